The lowest BCUT2D eigenvalue weighted by Gasteiger charge is -2.26. The first-order chi connectivity index (χ1) is 19.7. The number of aryl methyl sites for hydroxylation is 1. The lowest BCUT2D eigenvalue weighted by Crippen LogP contribution is -2.46. The summed E-state index contributed by atoms with van der Waals surface area (Å²) in [5.74, 6) is -0.470. The van der Waals surface area contributed by atoms with Gasteiger partial charge < -0.3 is 25.4 Å². The fourth-order valence-electron chi connectivity index (χ4n) is 4.50. The Balaban J connectivity index is 1.33. The third kappa shape index (κ3) is 5.81. The number of benzene rings is 2. The van der Waals surface area contributed by atoms with E-state index < -0.39 is 30.4 Å². The van der Waals surface area contributed by atoms with E-state index in [-0.39, 0.29) is 29.2 Å². The van der Waals surface area contributed by atoms with Crippen molar-refractivity contribution in [3.63, 3.8) is 0 Å². The zero-order valence-electron chi connectivity index (χ0n) is 22.3. The molecule has 2 unspecified atom stereocenters. The van der Waals surface area contributed by atoms with Crippen molar-refractivity contribution in [1.29, 1.82) is 0 Å². The lowest BCUT2D eigenvalue weighted by atomic mass is 10.0. The second-order valence-corrected chi connectivity index (χ2v) is 9.79. The summed E-state index contributed by atoms with van der Waals surface area (Å²) in [5.41, 5.74) is 2.47. The van der Waals surface area contributed by atoms with Crippen LogP contribution in [0.4, 0.5) is 16.2 Å². The molecule has 3 N–H and O–H groups in total. The van der Waals surface area contributed by atoms with E-state index in [1.165, 1.54) is 47.4 Å². The standard InChI is InChI=1S/C27H26ClFN8O4/c1-14(25(39)32-22(13-38)17-6-18(29)9-19(7-17)41-3)37-12-16-5-4-15(8-20(16)26(37)40)24-21(28)10-30-27(34-24)33-23-11-31-36(2)35-23/h4-11,14,22,38H,12-13H2,1-3H3,(H,32,39)(H,30,33,34,35). The van der Waals surface area contributed by atoms with Crippen molar-refractivity contribution in [3.05, 3.63) is 76.3 Å². The topological polar surface area (TPSA) is 147 Å². The molecule has 0 spiro atoms. The lowest BCUT2D eigenvalue weighted by molar-refractivity contribution is -0.126. The number of carbonyl (C=O) groups is 2. The predicted octanol–water partition coefficient (Wildman–Crippen LogP) is 3.01. The molecule has 0 radical (unpaired) electrons. The second kappa shape index (κ2) is 11.5. The summed E-state index contributed by atoms with van der Waals surface area (Å²) in [6, 6.07) is 7.41. The van der Waals surface area contributed by atoms with E-state index in [9.17, 15) is 19.1 Å². The number of hydrogen-bond acceptors (Lipinski definition) is 9. The summed E-state index contributed by atoms with van der Waals surface area (Å²) < 4.78 is 19.1. The molecule has 0 saturated carbocycles. The van der Waals surface area contributed by atoms with Crippen LogP contribution in [0, 0.1) is 5.82 Å². The Bertz CT molecular complexity index is 1630. The number of hydrogen-bond donors (Lipinski definition) is 3. The van der Waals surface area contributed by atoms with Crippen LogP contribution in [-0.2, 0) is 18.4 Å². The number of amides is 2. The number of aromatic nitrogens is 5. The van der Waals surface area contributed by atoms with E-state index in [1.807, 2.05) is 0 Å². The molecule has 2 amide bonds. The Kier molecular flexibility index (Phi) is 7.81. The molecule has 0 bridgehead atoms. The molecule has 2 aromatic heterocycles. The van der Waals surface area contributed by atoms with Gasteiger partial charge in [-0.15, -0.1) is 5.10 Å². The molecule has 2 atom stereocenters. The molecule has 14 heteroatoms. The molecular weight excluding hydrogens is 555 g/mol. The average molecular weight is 581 g/mol. The Morgan fingerprint density at radius 2 is 2.05 bits per heavy atom. The van der Waals surface area contributed by atoms with Gasteiger partial charge in [-0.3, -0.25) is 9.59 Å². The van der Waals surface area contributed by atoms with Crippen LogP contribution in [0.3, 0.4) is 0 Å². The van der Waals surface area contributed by atoms with E-state index in [4.69, 9.17) is 16.3 Å². The van der Waals surface area contributed by atoms with Crippen molar-refractivity contribution in [1.82, 2.24) is 35.2 Å². The van der Waals surface area contributed by atoms with Gasteiger partial charge in [0.25, 0.3) is 5.91 Å². The number of methoxy groups -OCH3 is 1. The van der Waals surface area contributed by atoms with Crippen LogP contribution in [0.1, 0.15) is 34.5 Å². The van der Waals surface area contributed by atoms with Gasteiger partial charge in [-0.1, -0.05) is 23.7 Å². The third-order valence-electron chi connectivity index (χ3n) is 6.68. The highest BCUT2D eigenvalue weighted by Gasteiger charge is 2.35. The molecule has 212 valence electrons. The molecule has 0 saturated heterocycles. The van der Waals surface area contributed by atoms with Gasteiger partial charge in [0.2, 0.25) is 11.9 Å². The number of fused-ring (bicyclic) bond motifs is 1. The summed E-state index contributed by atoms with van der Waals surface area (Å²) in [5, 5.41) is 24.0. The summed E-state index contributed by atoms with van der Waals surface area (Å²) in [7, 11) is 3.07. The van der Waals surface area contributed by atoms with Gasteiger partial charge in [-0.2, -0.15) is 9.90 Å². The largest absolute Gasteiger partial charge is 0.497 e. The predicted molar refractivity (Wildman–Crippen MR) is 147 cm³/mol. The van der Waals surface area contributed by atoms with E-state index in [1.54, 1.807) is 32.2 Å². The smallest absolute Gasteiger partial charge is 0.255 e. The normalized spacial score (nSPS) is 14.0. The average Bonchev–Trinajstić information content (AvgIpc) is 3.53. The second-order valence-electron chi connectivity index (χ2n) is 9.38. The summed E-state index contributed by atoms with van der Waals surface area (Å²) in [4.78, 5) is 38.0. The fourth-order valence-corrected chi connectivity index (χ4v) is 4.70. The zero-order valence-corrected chi connectivity index (χ0v) is 23.1. The Morgan fingerprint density at radius 3 is 2.76 bits per heavy atom. The highest BCUT2D eigenvalue weighted by molar-refractivity contribution is 6.33. The molecule has 2 aromatic carbocycles. The Morgan fingerprint density at radius 1 is 1.24 bits per heavy atom. The quantitative estimate of drug-likeness (QED) is 0.272. The number of nitrogens with one attached hydrogen (secondary N) is 2. The van der Waals surface area contributed by atoms with Crippen LogP contribution in [0.25, 0.3) is 11.3 Å². The molecule has 12 nitrogen and oxygen atoms in total. The van der Waals surface area contributed by atoms with Gasteiger partial charge in [0.05, 0.1) is 42.9 Å². The number of nitrogens with zero attached hydrogens (tertiary/aromatic N) is 6. The number of anilines is 2. The van der Waals surface area contributed by atoms with Crippen LogP contribution < -0.4 is 15.4 Å². The summed E-state index contributed by atoms with van der Waals surface area (Å²) in [6.45, 7) is 1.32. The minimum atomic E-state index is -0.897. The van der Waals surface area contributed by atoms with Crippen molar-refractivity contribution >= 4 is 35.2 Å². The zero-order chi connectivity index (χ0) is 29.3. The fraction of sp³-hybridized carbons (Fsp3) is 0.259. The van der Waals surface area contributed by atoms with Crippen molar-refractivity contribution in [2.45, 2.75) is 25.6 Å². The molecule has 3 heterocycles. The van der Waals surface area contributed by atoms with Crippen molar-refractivity contribution in [2.24, 2.45) is 7.05 Å². The van der Waals surface area contributed by atoms with Crippen LogP contribution in [0.15, 0.2) is 48.8 Å². The van der Waals surface area contributed by atoms with Crippen LogP contribution >= 0.6 is 11.6 Å². The van der Waals surface area contributed by atoms with Crippen LogP contribution in [0.2, 0.25) is 5.02 Å². The molecule has 41 heavy (non-hydrogen) atoms. The Hall–Kier alpha value is -4.62. The number of ether oxygens (including phenoxy) is 1. The van der Waals surface area contributed by atoms with Gasteiger partial charge in [0.15, 0.2) is 5.82 Å². The molecule has 0 fully saturated rings. The number of carbonyl (C=O) groups excluding carboxylic acids is 2. The maximum absolute atomic E-state index is 14.0. The number of aliphatic hydroxyl groups is 1. The molecule has 1 aliphatic heterocycles. The van der Waals surface area contributed by atoms with Gasteiger partial charge in [-0.05, 0) is 36.2 Å². The van der Waals surface area contributed by atoms with E-state index in [2.05, 4.69) is 30.8 Å². The van der Waals surface area contributed by atoms with E-state index in [0.717, 1.165) is 5.56 Å². The van der Waals surface area contributed by atoms with Crippen LogP contribution in [-0.4, -0.2) is 66.5 Å². The summed E-state index contributed by atoms with van der Waals surface area (Å²) in [6.07, 6.45) is 2.97. The number of halogens is 2. The molecule has 0 aliphatic carbocycles. The highest BCUT2D eigenvalue weighted by Crippen LogP contribution is 2.32. The van der Waals surface area contributed by atoms with E-state index >= 15 is 0 Å². The van der Waals surface area contributed by atoms with Crippen molar-refractivity contribution in [3.8, 4) is 17.0 Å². The summed E-state index contributed by atoms with van der Waals surface area (Å²) >= 11 is 6.40. The number of aliphatic hydroxyl groups excluding tert-OH is 1. The first-order valence-electron chi connectivity index (χ1n) is 12.5. The minimum absolute atomic E-state index is 0.206. The van der Waals surface area contributed by atoms with Gasteiger partial charge >= 0.3 is 0 Å². The van der Waals surface area contributed by atoms with Crippen molar-refractivity contribution < 1.29 is 23.8 Å². The van der Waals surface area contributed by atoms with Gasteiger partial charge in [0.1, 0.15) is 17.6 Å². The van der Waals surface area contributed by atoms with Crippen molar-refractivity contribution in [2.75, 3.05) is 19.0 Å². The van der Waals surface area contributed by atoms with E-state index in [0.29, 0.717) is 28.2 Å². The van der Waals surface area contributed by atoms with Crippen LogP contribution in [0.5, 0.6) is 5.75 Å². The van der Waals surface area contributed by atoms with Gasteiger partial charge in [-0.25, -0.2) is 14.4 Å². The minimum Gasteiger partial charge on any atom is -0.497 e. The maximum Gasteiger partial charge on any atom is 0.255 e. The van der Waals surface area contributed by atoms with Gasteiger partial charge in [0, 0.05) is 30.8 Å². The monoisotopic (exact) mass is 580 g/mol. The first kappa shape index (κ1) is 27.9. The molecular formula is C27H26ClFN8O4. The molecule has 4 aromatic rings. The Labute approximate surface area is 239 Å². The maximum atomic E-state index is 14.0. The highest BCUT2D eigenvalue weighted by atomic mass is 35.5. The SMILES string of the molecule is COc1cc(F)cc(C(CO)NC(=O)C(C)N2Cc3ccc(-c4nc(Nc5cnn(C)n5)ncc4Cl)cc3C2=O)c1. The first-order valence-corrected chi connectivity index (χ1v) is 12.9. The third-order valence-corrected chi connectivity index (χ3v) is 6.95. The molecule has 5 rings (SSSR count). The number of rotatable bonds is 9. The molecule has 1 aliphatic rings.